The number of carbonyl (C=O) groups is 2. The van der Waals surface area contributed by atoms with Crippen molar-refractivity contribution in [2.45, 2.75) is 58.6 Å². The molecule has 1 aliphatic rings. The van der Waals surface area contributed by atoms with E-state index in [0.29, 0.717) is 11.1 Å². The molecule has 0 unspecified atom stereocenters. The maximum Gasteiger partial charge on any atom is 0.338 e. The van der Waals surface area contributed by atoms with Crippen LogP contribution in [0.5, 0.6) is 0 Å². The zero-order valence-corrected chi connectivity index (χ0v) is 14.8. The van der Waals surface area contributed by atoms with Crippen molar-refractivity contribution in [1.82, 2.24) is 15.3 Å². The second-order valence-corrected chi connectivity index (χ2v) is 6.64. The van der Waals surface area contributed by atoms with E-state index >= 15 is 0 Å². The molecular formula is C19H23N3O3. The van der Waals surface area contributed by atoms with E-state index in [9.17, 15) is 9.59 Å². The summed E-state index contributed by atoms with van der Waals surface area (Å²) in [4.78, 5) is 33.4. The van der Waals surface area contributed by atoms with Gasteiger partial charge in [0.05, 0.1) is 28.0 Å². The molecule has 0 bridgehead atoms. The highest BCUT2D eigenvalue weighted by Crippen LogP contribution is 2.18. The Hall–Kier alpha value is -2.50. The maximum atomic E-state index is 12.3. The second kappa shape index (κ2) is 7.17. The zero-order chi connectivity index (χ0) is 18.0. The lowest BCUT2D eigenvalue weighted by Crippen LogP contribution is -2.40. The van der Waals surface area contributed by atoms with Crippen LogP contribution in [0.15, 0.2) is 18.2 Å². The van der Waals surface area contributed by atoms with Crippen LogP contribution in [0, 0.1) is 13.8 Å². The third-order valence-electron chi connectivity index (χ3n) is 4.67. The monoisotopic (exact) mass is 341 g/mol. The topological polar surface area (TPSA) is 81.2 Å². The van der Waals surface area contributed by atoms with Crippen LogP contribution in [0.4, 0.5) is 0 Å². The number of aromatic nitrogens is 2. The summed E-state index contributed by atoms with van der Waals surface area (Å²) in [5, 5.41) is 2.94. The lowest BCUT2D eigenvalue weighted by Gasteiger charge is -2.17. The molecule has 0 spiro atoms. The summed E-state index contributed by atoms with van der Waals surface area (Å²) in [6.45, 7) is 5.37. The van der Waals surface area contributed by atoms with E-state index in [2.05, 4.69) is 15.3 Å². The van der Waals surface area contributed by atoms with E-state index in [-0.39, 0.29) is 11.9 Å². The van der Waals surface area contributed by atoms with Crippen LogP contribution in [0.25, 0.3) is 11.0 Å². The van der Waals surface area contributed by atoms with E-state index in [4.69, 9.17) is 4.74 Å². The Morgan fingerprint density at radius 3 is 2.44 bits per heavy atom. The van der Waals surface area contributed by atoms with Gasteiger partial charge in [-0.1, -0.05) is 12.8 Å². The number of fused-ring (bicyclic) bond motifs is 1. The normalized spacial score (nSPS) is 16.0. The van der Waals surface area contributed by atoms with Gasteiger partial charge in [-0.2, -0.15) is 0 Å². The Bertz CT molecular complexity index is 813. The highest BCUT2D eigenvalue weighted by molar-refractivity contribution is 5.95. The molecule has 1 aromatic heterocycles. The fourth-order valence-electron chi connectivity index (χ4n) is 3.03. The molecule has 0 saturated heterocycles. The molecule has 132 valence electrons. The van der Waals surface area contributed by atoms with Crippen LogP contribution in [0.2, 0.25) is 0 Å². The second-order valence-electron chi connectivity index (χ2n) is 6.64. The fraction of sp³-hybridized carbons (Fsp3) is 0.474. The molecule has 1 aromatic carbocycles. The first-order chi connectivity index (χ1) is 11.9. The van der Waals surface area contributed by atoms with Gasteiger partial charge in [0.25, 0.3) is 5.91 Å². The number of nitrogens with zero attached hydrogens (tertiary/aromatic N) is 2. The molecule has 1 atom stereocenters. The number of ether oxygens (including phenoxy) is 1. The highest BCUT2D eigenvalue weighted by atomic mass is 16.5. The summed E-state index contributed by atoms with van der Waals surface area (Å²) >= 11 is 0. The van der Waals surface area contributed by atoms with Gasteiger partial charge in [-0.05, 0) is 51.8 Å². The number of esters is 1. The van der Waals surface area contributed by atoms with Gasteiger partial charge in [0, 0.05) is 6.04 Å². The number of nitrogens with one attached hydrogen (secondary N) is 1. The number of carbonyl (C=O) groups excluding carboxylic acids is 2. The Morgan fingerprint density at radius 1 is 1.12 bits per heavy atom. The number of hydrogen-bond acceptors (Lipinski definition) is 5. The summed E-state index contributed by atoms with van der Waals surface area (Å²) < 4.78 is 5.31. The minimum Gasteiger partial charge on any atom is -0.449 e. The third-order valence-corrected chi connectivity index (χ3v) is 4.67. The SMILES string of the molecule is Cc1nc2ccc(C(=O)O[C@@H](C)C(=O)NC3CCCC3)cc2nc1C. The summed E-state index contributed by atoms with van der Waals surface area (Å²) in [6, 6.07) is 5.25. The molecule has 25 heavy (non-hydrogen) atoms. The smallest absolute Gasteiger partial charge is 0.338 e. The fourth-order valence-corrected chi connectivity index (χ4v) is 3.03. The molecule has 3 rings (SSSR count). The van der Waals surface area contributed by atoms with Crippen molar-refractivity contribution >= 4 is 22.9 Å². The van der Waals surface area contributed by atoms with Gasteiger partial charge in [0.15, 0.2) is 6.10 Å². The van der Waals surface area contributed by atoms with Gasteiger partial charge in [-0.15, -0.1) is 0 Å². The largest absolute Gasteiger partial charge is 0.449 e. The average molecular weight is 341 g/mol. The van der Waals surface area contributed by atoms with Crippen molar-refractivity contribution in [3.05, 3.63) is 35.2 Å². The van der Waals surface area contributed by atoms with E-state index in [1.165, 1.54) is 0 Å². The van der Waals surface area contributed by atoms with Crippen LogP contribution in [0.1, 0.15) is 54.4 Å². The predicted octanol–water partition coefficient (Wildman–Crippen LogP) is 2.85. The molecule has 0 radical (unpaired) electrons. The first-order valence-corrected chi connectivity index (χ1v) is 8.70. The third kappa shape index (κ3) is 3.95. The lowest BCUT2D eigenvalue weighted by atomic mass is 10.2. The quantitative estimate of drug-likeness (QED) is 0.865. The molecule has 1 saturated carbocycles. The number of benzene rings is 1. The molecule has 1 fully saturated rings. The average Bonchev–Trinajstić information content (AvgIpc) is 3.08. The van der Waals surface area contributed by atoms with Crippen molar-refractivity contribution in [3.8, 4) is 0 Å². The van der Waals surface area contributed by atoms with Gasteiger partial charge in [-0.25, -0.2) is 14.8 Å². The zero-order valence-electron chi connectivity index (χ0n) is 14.8. The Kier molecular flexibility index (Phi) is 4.97. The molecule has 1 amide bonds. The van der Waals surface area contributed by atoms with Crippen LogP contribution in [0.3, 0.4) is 0 Å². The van der Waals surface area contributed by atoms with Crippen LogP contribution >= 0.6 is 0 Å². The predicted molar refractivity (Wildman–Crippen MR) is 94.3 cm³/mol. The molecule has 6 nitrogen and oxygen atoms in total. The Balaban J connectivity index is 1.68. The molecule has 1 heterocycles. The summed E-state index contributed by atoms with van der Waals surface area (Å²) in [5.41, 5.74) is 3.42. The molecule has 1 N–H and O–H groups in total. The maximum absolute atomic E-state index is 12.3. The molecule has 1 aliphatic carbocycles. The van der Waals surface area contributed by atoms with Gasteiger partial charge in [-0.3, -0.25) is 4.79 Å². The van der Waals surface area contributed by atoms with Crippen LogP contribution < -0.4 is 5.32 Å². The van der Waals surface area contributed by atoms with Gasteiger partial charge in [0.2, 0.25) is 0 Å². The highest BCUT2D eigenvalue weighted by Gasteiger charge is 2.23. The molecule has 6 heteroatoms. The van der Waals surface area contributed by atoms with Gasteiger partial charge < -0.3 is 10.1 Å². The molecular weight excluding hydrogens is 318 g/mol. The van der Waals surface area contributed by atoms with Gasteiger partial charge in [0.1, 0.15) is 0 Å². The van der Waals surface area contributed by atoms with Crippen molar-refractivity contribution in [3.63, 3.8) is 0 Å². The van der Waals surface area contributed by atoms with Gasteiger partial charge >= 0.3 is 5.97 Å². The summed E-state index contributed by atoms with van der Waals surface area (Å²) in [6.07, 6.45) is 3.43. The number of aryl methyl sites for hydroxylation is 2. The number of hydrogen-bond donors (Lipinski definition) is 1. The van der Waals surface area contributed by atoms with Crippen LogP contribution in [-0.4, -0.2) is 34.0 Å². The molecule has 0 aliphatic heterocycles. The molecule has 2 aromatic rings. The summed E-state index contributed by atoms with van der Waals surface area (Å²) in [7, 11) is 0. The Morgan fingerprint density at radius 2 is 1.76 bits per heavy atom. The minimum absolute atomic E-state index is 0.204. The Labute approximate surface area is 147 Å². The summed E-state index contributed by atoms with van der Waals surface area (Å²) in [5.74, 6) is -0.775. The first kappa shape index (κ1) is 17.3. The van der Waals surface area contributed by atoms with E-state index < -0.39 is 12.1 Å². The van der Waals surface area contributed by atoms with Crippen molar-refractivity contribution in [2.24, 2.45) is 0 Å². The van der Waals surface area contributed by atoms with Crippen molar-refractivity contribution in [1.29, 1.82) is 0 Å². The van der Waals surface area contributed by atoms with E-state index in [1.807, 2.05) is 13.8 Å². The van der Waals surface area contributed by atoms with Crippen molar-refractivity contribution < 1.29 is 14.3 Å². The number of rotatable bonds is 4. The van der Waals surface area contributed by atoms with E-state index in [0.717, 1.165) is 42.6 Å². The minimum atomic E-state index is -0.824. The number of amides is 1. The standard InChI is InChI=1S/C19H23N3O3/c1-11-12(2)21-17-10-14(8-9-16(17)20-11)19(24)25-13(3)18(23)22-15-6-4-5-7-15/h8-10,13,15H,4-7H2,1-3H3,(H,22,23)/t13-/m0/s1. The van der Waals surface area contributed by atoms with Crippen molar-refractivity contribution in [2.75, 3.05) is 0 Å². The lowest BCUT2D eigenvalue weighted by molar-refractivity contribution is -0.129. The first-order valence-electron chi connectivity index (χ1n) is 8.70. The van der Waals surface area contributed by atoms with Crippen LogP contribution in [-0.2, 0) is 9.53 Å². The van der Waals surface area contributed by atoms with E-state index in [1.54, 1.807) is 25.1 Å².